The van der Waals surface area contributed by atoms with Gasteiger partial charge < -0.3 is 9.84 Å². The standard InChI is InChI=1S/C8H14O3S2/c9-6(2-4-12)7(10)8-11-3-1-5-13-8/h6,8-9,12H,1-5H2. The Morgan fingerprint density at radius 1 is 1.77 bits per heavy atom. The number of ether oxygens (including phenoxy) is 1. The first-order valence-electron chi connectivity index (χ1n) is 4.31. The molecule has 5 heteroatoms. The van der Waals surface area contributed by atoms with Crippen LogP contribution < -0.4 is 0 Å². The highest BCUT2D eigenvalue weighted by Gasteiger charge is 2.27. The number of hydrogen-bond acceptors (Lipinski definition) is 5. The third-order valence-corrected chi connectivity index (χ3v) is 3.24. The van der Waals surface area contributed by atoms with Gasteiger partial charge >= 0.3 is 0 Å². The fourth-order valence-electron chi connectivity index (χ4n) is 1.07. The van der Waals surface area contributed by atoms with Gasteiger partial charge in [-0.1, -0.05) is 0 Å². The van der Waals surface area contributed by atoms with Gasteiger partial charge in [-0.2, -0.15) is 12.6 Å². The van der Waals surface area contributed by atoms with E-state index in [1.165, 1.54) is 11.8 Å². The summed E-state index contributed by atoms with van der Waals surface area (Å²) in [5.41, 5.74) is -0.455. The van der Waals surface area contributed by atoms with Gasteiger partial charge in [-0.05, 0) is 24.3 Å². The second-order valence-corrected chi connectivity index (χ2v) is 4.47. The third kappa shape index (κ3) is 3.50. The van der Waals surface area contributed by atoms with Crippen molar-refractivity contribution in [3.05, 3.63) is 0 Å². The first kappa shape index (κ1) is 11.4. The van der Waals surface area contributed by atoms with Gasteiger partial charge in [-0.25, -0.2) is 0 Å². The number of thioether (sulfide) groups is 1. The Labute approximate surface area is 87.6 Å². The number of carbonyl (C=O) groups is 1. The van der Waals surface area contributed by atoms with Crippen LogP contribution in [0.15, 0.2) is 0 Å². The fourth-order valence-corrected chi connectivity index (χ4v) is 2.33. The minimum absolute atomic E-state index is 0.209. The summed E-state index contributed by atoms with van der Waals surface area (Å²) < 4.78 is 5.24. The molecule has 1 saturated heterocycles. The highest BCUT2D eigenvalue weighted by Crippen LogP contribution is 2.21. The van der Waals surface area contributed by atoms with Crippen molar-refractivity contribution in [3.63, 3.8) is 0 Å². The maximum Gasteiger partial charge on any atom is 0.200 e. The molecule has 2 unspecified atom stereocenters. The molecule has 1 heterocycles. The van der Waals surface area contributed by atoms with Crippen LogP contribution in [-0.4, -0.2) is 40.5 Å². The molecule has 13 heavy (non-hydrogen) atoms. The number of carbonyl (C=O) groups excluding carboxylic acids is 1. The summed E-state index contributed by atoms with van der Waals surface area (Å²) >= 11 is 5.43. The number of thiol groups is 1. The van der Waals surface area contributed by atoms with Crippen molar-refractivity contribution in [2.24, 2.45) is 0 Å². The summed E-state index contributed by atoms with van der Waals surface area (Å²) in [6, 6.07) is 0. The van der Waals surface area contributed by atoms with Crippen molar-refractivity contribution in [2.45, 2.75) is 24.4 Å². The number of aliphatic hydroxyl groups excluding tert-OH is 1. The molecular formula is C8H14O3S2. The van der Waals surface area contributed by atoms with E-state index in [0.717, 1.165) is 12.2 Å². The summed E-state index contributed by atoms with van der Waals surface area (Å²) in [4.78, 5) is 11.5. The van der Waals surface area contributed by atoms with E-state index in [-0.39, 0.29) is 5.78 Å². The van der Waals surface area contributed by atoms with E-state index in [1.54, 1.807) is 0 Å². The average molecular weight is 222 g/mol. The lowest BCUT2D eigenvalue weighted by Gasteiger charge is -2.22. The van der Waals surface area contributed by atoms with Gasteiger partial charge in [-0.15, -0.1) is 11.8 Å². The van der Waals surface area contributed by atoms with Crippen molar-refractivity contribution < 1.29 is 14.6 Å². The number of hydrogen-bond donors (Lipinski definition) is 2. The van der Waals surface area contributed by atoms with E-state index in [2.05, 4.69) is 12.6 Å². The van der Waals surface area contributed by atoms with Crippen molar-refractivity contribution in [1.82, 2.24) is 0 Å². The Morgan fingerprint density at radius 3 is 3.08 bits per heavy atom. The van der Waals surface area contributed by atoms with Crippen LogP contribution in [0, 0.1) is 0 Å². The van der Waals surface area contributed by atoms with Crippen molar-refractivity contribution in [3.8, 4) is 0 Å². The number of Topliss-reactive ketones (excluding diaryl/α,β-unsaturated/α-hetero) is 1. The van der Waals surface area contributed by atoms with E-state index in [9.17, 15) is 9.90 Å². The Kier molecular flexibility index (Phi) is 5.16. The smallest absolute Gasteiger partial charge is 0.200 e. The second-order valence-electron chi connectivity index (χ2n) is 2.86. The first-order chi connectivity index (χ1) is 6.25. The van der Waals surface area contributed by atoms with Crippen LogP contribution in [0.3, 0.4) is 0 Å². The summed E-state index contributed by atoms with van der Waals surface area (Å²) in [6.07, 6.45) is 0.479. The molecule has 0 aromatic carbocycles. The van der Waals surface area contributed by atoms with Crippen LogP contribution in [0.1, 0.15) is 12.8 Å². The largest absolute Gasteiger partial charge is 0.385 e. The highest BCUT2D eigenvalue weighted by molar-refractivity contribution is 8.00. The lowest BCUT2D eigenvalue weighted by Crippen LogP contribution is -2.34. The molecule has 0 radical (unpaired) electrons. The number of rotatable bonds is 4. The minimum atomic E-state index is -0.909. The van der Waals surface area contributed by atoms with Gasteiger partial charge in [-0.3, -0.25) is 4.79 Å². The molecular weight excluding hydrogens is 208 g/mol. The average Bonchev–Trinajstić information content (AvgIpc) is 2.18. The minimum Gasteiger partial charge on any atom is -0.385 e. The Hall–Kier alpha value is 0.290. The summed E-state index contributed by atoms with van der Waals surface area (Å²) in [5.74, 6) is 1.24. The Balaban J connectivity index is 2.36. The van der Waals surface area contributed by atoms with E-state index >= 15 is 0 Å². The van der Waals surface area contributed by atoms with Crippen molar-refractivity contribution in [2.75, 3.05) is 18.1 Å². The summed E-state index contributed by atoms with van der Waals surface area (Å²) in [5, 5.41) is 9.38. The quantitative estimate of drug-likeness (QED) is 0.688. The Bertz CT molecular complexity index is 169. The van der Waals surface area contributed by atoms with Crippen molar-refractivity contribution >= 4 is 30.2 Å². The van der Waals surface area contributed by atoms with Gasteiger partial charge in [0.1, 0.15) is 6.10 Å². The number of aliphatic hydroxyl groups is 1. The first-order valence-corrected chi connectivity index (χ1v) is 5.99. The van der Waals surface area contributed by atoms with Gasteiger partial charge in [0.15, 0.2) is 11.2 Å². The van der Waals surface area contributed by atoms with Crippen LogP contribution in [0.5, 0.6) is 0 Å². The molecule has 0 bridgehead atoms. The van der Waals surface area contributed by atoms with Crippen LogP contribution >= 0.6 is 24.4 Å². The SMILES string of the molecule is O=C(C(O)CCS)C1OCCCS1. The zero-order valence-electron chi connectivity index (χ0n) is 7.31. The van der Waals surface area contributed by atoms with Crippen LogP contribution in [0.2, 0.25) is 0 Å². The molecule has 0 aromatic rings. The molecule has 0 aliphatic carbocycles. The predicted octanol–water partition coefficient (Wildman–Crippen LogP) is 0.716. The van der Waals surface area contributed by atoms with Gasteiger partial charge in [0.2, 0.25) is 0 Å². The van der Waals surface area contributed by atoms with E-state index in [1.807, 2.05) is 0 Å². The summed E-state index contributed by atoms with van der Waals surface area (Å²) in [6.45, 7) is 0.622. The summed E-state index contributed by atoms with van der Waals surface area (Å²) in [7, 11) is 0. The van der Waals surface area contributed by atoms with E-state index in [4.69, 9.17) is 4.74 Å². The molecule has 0 spiro atoms. The molecule has 2 atom stereocenters. The van der Waals surface area contributed by atoms with Crippen LogP contribution in [0.25, 0.3) is 0 Å². The molecule has 1 rings (SSSR count). The maximum absolute atomic E-state index is 11.5. The lowest BCUT2D eigenvalue weighted by atomic mass is 10.2. The van der Waals surface area contributed by atoms with Crippen LogP contribution in [0.4, 0.5) is 0 Å². The molecule has 0 saturated carbocycles. The topological polar surface area (TPSA) is 46.5 Å². The zero-order chi connectivity index (χ0) is 9.68. The normalized spacial score (nSPS) is 25.5. The van der Waals surface area contributed by atoms with Gasteiger partial charge in [0.05, 0.1) is 0 Å². The highest BCUT2D eigenvalue weighted by atomic mass is 32.2. The molecule has 3 nitrogen and oxygen atoms in total. The predicted molar refractivity (Wildman–Crippen MR) is 56.3 cm³/mol. The third-order valence-electron chi connectivity index (χ3n) is 1.79. The maximum atomic E-state index is 11.5. The molecule has 1 aliphatic rings. The monoisotopic (exact) mass is 222 g/mol. The Morgan fingerprint density at radius 2 is 2.54 bits per heavy atom. The van der Waals surface area contributed by atoms with E-state index in [0.29, 0.717) is 18.8 Å². The van der Waals surface area contributed by atoms with E-state index < -0.39 is 11.5 Å². The second kappa shape index (κ2) is 5.90. The number of ketones is 1. The van der Waals surface area contributed by atoms with Gasteiger partial charge in [0.25, 0.3) is 0 Å². The molecule has 1 fully saturated rings. The van der Waals surface area contributed by atoms with Gasteiger partial charge in [0, 0.05) is 6.61 Å². The fraction of sp³-hybridized carbons (Fsp3) is 0.875. The van der Waals surface area contributed by atoms with Crippen molar-refractivity contribution in [1.29, 1.82) is 0 Å². The zero-order valence-corrected chi connectivity index (χ0v) is 9.02. The molecule has 1 N–H and O–H groups in total. The molecule has 1 aliphatic heterocycles. The molecule has 0 aromatic heterocycles. The van der Waals surface area contributed by atoms with Crippen LogP contribution in [-0.2, 0) is 9.53 Å². The lowest BCUT2D eigenvalue weighted by molar-refractivity contribution is -0.134. The molecule has 76 valence electrons. The molecule has 0 amide bonds.